The number of piperazine rings is 1. The number of rotatable bonds is 4. The summed E-state index contributed by atoms with van der Waals surface area (Å²) in [6.07, 6.45) is -1.81. The van der Waals surface area contributed by atoms with Gasteiger partial charge in [0.15, 0.2) is 0 Å². The quantitative estimate of drug-likeness (QED) is 0.411. The fraction of sp³-hybridized carbons (Fsp3) is 0.208. The summed E-state index contributed by atoms with van der Waals surface area (Å²) in [7, 11) is 0. The van der Waals surface area contributed by atoms with Crippen molar-refractivity contribution >= 4 is 23.1 Å². The van der Waals surface area contributed by atoms with Crippen LogP contribution >= 0.6 is 11.3 Å². The largest absolute Gasteiger partial charge is 0.417 e. The molecule has 5 rings (SSSR count). The summed E-state index contributed by atoms with van der Waals surface area (Å²) in [5, 5.41) is 6.64. The minimum Gasteiger partial charge on any atom is -0.353 e. The Labute approximate surface area is 197 Å². The first-order valence-corrected chi connectivity index (χ1v) is 11.5. The second-order valence-electron chi connectivity index (χ2n) is 7.83. The molecule has 0 atom stereocenters. The van der Waals surface area contributed by atoms with Gasteiger partial charge in [-0.2, -0.15) is 18.3 Å². The number of alkyl halides is 3. The van der Waals surface area contributed by atoms with Gasteiger partial charge in [0.2, 0.25) is 0 Å². The Morgan fingerprint density at radius 3 is 2.32 bits per heavy atom. The fourth-order valence-corrected chi connectivity index (χ4v) is 4.61. The molecule has 4 aromatic rings. The van der Waals surface area contributed by atoms with Crippen LogP contribution in [0, 0.1) is 0 Å². The Morgan fingerprint density at radius 2 is 1.71 bits per heavy atom. The first kappa shape index (κ1) is 22.1. The molecule has 0 bridgehead atoms. The van der Waals surface area contributed by atoms with Crippen molar-refractivity contribution < 1.29 is 18.0 Å². The maximum atomic E-state index is 13.5. The van der Waals surface area contributed by atoms with E-state index in [4.69, 9.17) is 5.10 Å². The third-order valence-electron chi connectivity index (χ3n) is 5.69. The topological polar surface area (TPSA) is 54.3 Å². The average Bonchev–Trinajstić information content (AvgIpc) is 3.54. The van der Waals surface area contributed by atoms with Crippen LogP contribution in [-0.2, 0) is 6.18 Å². The number of thiophene rings is 1. The van der Waals surface area contributed by atoms with E-state index < -0.39 is 11.7 Å². The second-order valence-corrected chi connectivity index (χ2v) is 8.78. The molecule has 0 aliphatic carbocycles. The van der Waals surface area contributed by atoms with Crippen molar-refractivity contribution in [2.45, 2.75) is 6.18 Å². The molecular weight excluding hydrogens is 463 g/mol. The molecule has 1 aliphatic heterocycles. The number of aromatic nitrogens is 3. The Kier molecular flexibility index (Phi) is 5.82. The van der Waals surface area contributed by atoms with Gasteiger partial charge in [-0.1, -0.05) is 24.3 Å². The molecule has 1 fully saturated rings. The summed E-state index contributed by atoms with van der Waals surface area (Å²) < 4.78 is 40.1. The zero-order valence-corrected chi connectivity index (χ0v) is 18.8. The molecule has 34 heavy (non-hydrogen) atoms. The van der Waals surface area contributed by atoms with Crippen LogP contribution in [0.15, 0.2) is 72.4 Å². The lowest BCUT2D eigenvalue weighted by atomic mass is 10.1. The fourth-order valence-electron chi connectivity index (χ4n) is 3.89. The number of hydrogen-bond acceptors (Lipinski definition) is 5. The van der Waals surface area contributed by atoms with E-state index in [0.29, 0.717) is 43.3 Å². The van der Waals surface area contributed by atoms with Crippen LogP contribution in [0.5, 0.6) is 0 Å². The highest BCUT2D eigenvalue weighted by Crippen LogP contribution is 2.31. The van der Waals surface area contributed by atoms with E-state index in [1.54, 1.807) is 15.8 Å². The molecule has 10 heteroatoms. The molecule has 4 heterocycles. The summed E-state index contributed by atoms with van der Waals surface area (Å²) in [4.78, 5) is 22.0. The van der Waals surface area contributed by atoms with Crippen LogP contribution in [0.4, 0.5) is 19.0 Å². The smallest absolute Gasteiger partial charge is 0.353 e. The van der Waals surface area contributed by atoms with E-state index in [9.17, 15) is 18.0 Å². The summed E-state index contributed by atoms with van der Waals surface area (Å²) >= 11 is 1.52. The van der Waals surface area contributed by atoms with Gasteiger partial charge in [0.05, 0.1) is 21.7 Å². The molecule has 0 radical (unpaired) electrons. The minimum atomic E-state index is -4.42. The first-order chi connectivity index (χ1) is 16.4. The predicted octanol–water partition coefficient (Wildman–Crippen LogP) is 4.98. The van der Waals surface area contributed by atoms with E-state index in [1.807, 2.05) is 52.7 Å². The molecular formula is C24H20F3N5OS. The second kappa shape index (κ2) is 8.94. The van der Waals surface area contributed by atoms with E-state index in [-0.39, 0.29) is 5.91 Å². The van der Waals surface area contributed by atoms with Gasteiger partial charge in [0.25, 0.3) is 5.91 Å². The number of pyridine rings is 1. The molecule has 0 unspecified atom stereocenters. The third kappa shape index (κ3) is 4.41. The highest BCUT2D eigenvalue weighted by molar-refractivity contribution is 7.13. The molecule has 3 aromatic heterocycles. The van der Waals surface area contributed by atoms with Gasteiger partial charge in [-0.05, 0) is 35.7 Å². The number of para-hydroxylation sites is 1. The van der Waals surface area contributed by atoms with Gasteiger partial charge in [0, 0.05) is 38.6 Å². The number of halogens is 3. The molecule has 1 aliphatic rings. The van der Waals surface area contributed by atoms with Crippen LogP contribution in [0.25, 0.3) is 16.3 Å². The van der Waals surface area contributed by atoms with Crippen molar-refractivity contribution in [1.82, 2.24) is 19.7 Å². The third-order valence-corrected chi connectivity index (χ3v) is 6.56. The molecule has 1 aromatic carbocycles. The lowest BCUT2D eigenvalue weighted by Gasteiger charge is -2.35. The average molecular weight is 484 g/mol. The Bertz CT molecular complexity index is 1260. The van der Waals surface area contributed by atoms with Gasteiger partial charge in [0.1, 0.15) is 11.5 Å². The van der Waals surface area contributed by atoms with E-state index in [1.165, 1.54) is 17.4 Å². The van der Waals surface area contributed by atoms with Crippen LogP contribution < -0.4 is 4.90 Å². The van der Waals surface area contributed by atoms with Crippen LogP contribution in [0.1, 0.15) is 15.9 Å². The summed E-state index contributed by atoms with van der Waals surface area (Å²) in [5.74, 6) is 0.349. The molecule has 1 saturated heterocycles. The molecule has 0 N–H and O–H groups in total. The minimum absolute atomic E-state index is 0.120. The maximum Gasteiger partial charge on any atom is 0.417 e. The van der Waals surface area contributed by atoms with Crippen molar-refractivity contribution in [3.63, 3.8) is 0 Å². The lowest BCUT2D eigenvalue weighted by molar-refractivity contribution is -0.137. The molecule has 0 saturated carbocycles. The number of carbonyl (C=O) groups is 1. The van der Waals surface area contributed by atoms with Crippen molar-refractivity contribution in [2.75, 3.05) is 31.1 Å². The number of anilines is 1. The monoisotopic (exact) mass is 483 g/mol. The molecule has 1 amide bonds. The normalized spacial score (nSPS) is 14.4. The zero-order valence-electron chi connectivity index (χ0n) is 17.9. The molecule has 174 valence electrons. The zero-order chi connectivity index (χ0) is 23.7. The highest BCUT2D eigenvalue weighted by Gasteiger charge is 2.31. The van der Waals surface area contributed by atoms with Crippen LogP contribution in [-0.4, -0.2) is 51.8 Å². The van der Waals surface area contributed by atoms with Crippen molar-refractivity contribution in [3.8, 4) is 16.3 Å². The SMILES string of the molecule is O=C(c1cn(-c2ccccc2)nc1-c1cccs1)N1CCN(c2ccc(C(F)(F)F)cn2)CC1. The summed E-state index contributed by atoms with van der Waals surface area (Å²) in [6.45, 7) is 1.82. The Balaban J connectivity index is 1.34. The standard InChI is InChI=1S/C24H20F3N5OS/c25-24(26,27)17-8-9-21(28-15-17)30-10-12-31(13-11-30)23(33)19-16-32(18-5-2-1-3-6-18)29-22(19)20-7-4-14-34-20/h1-9,14-16H,10-13H2. The van der Waals surface area contributed by atoms with Gasteiger partial charge < -0.3 is 9.80 Å². The van der Waals surface area contributed by atoms with E-state index >= 15 is 0 Å². The van der Waals surface area contributed by atoms with Gasteiger partial charge in [-0.15, -0.1) is 11.3 Å². The highest BCUT2D eigenvalue weighted by atomic mass is 32.1. The van der Waals surface area contributed by atoms with Crippen LogP contribution in [0.3, 0.4) is 0 Å². The summed E-state index contributed by atoms with van der Waals surface area (Å²) in [6, 6.07) is 15.9. The first-order valence-electron chi connectivity index (χ1n) is 10.7. The number of benzene rings is 1. The lowest BCUT2D eigenvalue weighted by Crippen LogP contribution is -2.49. The number of amides is 1. The van der Waals surface area contributed by atoms with Crippen molar-refractivity contribution in [3.05, 3.63) is 83.5 Å². The van der Waals surface area contributed by atoms with E-state index in [2.05, 4.69) is 4.98 Å². The number of nitrogens with zero attached hydrogens (tertiary/aromatic N) is 5. The van der Waals surface area contributed by atoms with E-state index in [0.717, 1.165) is 22.8 Å². The van der Waals surface area contributed by atoms with Gasteiger partial charge in [-0.3, -0.25) is 4.79 Å². The summed E-state index contributed by atoms with van der Waals surface area (Å²) in [5.41, 5.74) is 1.24. The van der Waals surface area contributed by atoms with Gasteiger partial charge in [-0.25, -0.2) is 9.67 Å². The number of carbonyl (C=O) groups excluding carboxylic acids is 1. The maximum absolute atomic E-state index is 13.5. The van der Waals surface area contributed by atoms with Crippen molar-refractivity contribution in [1.29, 1.82) is 0 Å². The Hall–Kier alpha value is -3.66. The molecule has 0 spiro atoms. The van der Waals surface area contributed by atoms with Crippen LogP contribution in [0.2, 0.25) is 0 Å². The van der Waals surface area contributed by atoms with Crippen molar-refractivity contribution in [2.24, 2.45) is 0 Å². The number of hydrogen-bond donors (Lipinski definition) is 0. The predicted molar refractivity (Wildman–Crippen MR) is 124 cm³/mol. The Morgan fingerprint density at radius 1 is 0.941 bits per heavy atom. The van der Waals surface area contributed by atoms with Gasteiger partial charge >= 0.3 is 6.18 Å². The molecule has 6 nitrogen and oxygen atoms in total.